The van der Waals surface area contributed by atoms with E-state index in [1.54, 1.807) is 0 Å². The van der Waals surface area contributed by atoms with Crippen LogP contribution in [0.2, 0.25) is 0 Å². The van der Waals surface area contributed by atoms with Crippen LogP contribution in [0.3, 0.4) is 0 Å². The van der Waals surface area contributed by atoms with Gasteiger partial charge in [-0.2, -0.15) is 0 Å². The lowest BCUT2D eigenvalue weighted by Gasteiger charge is -2.18. The van der Waals surface area contributed by atoms with Crippen LogP contribution in [0, 0.1) is 0 Å². The number of carbonyl (C=O) groups excluding carboxylic acids is 3. The normalized spacial score (nSPS) is 13.4. The van der Waals surface area contributed by atoms with Crippen LogP contribution in [0.5, 0.6) is 0 Å². The molecule has 0 aromatic rings. The number of rotatable bonds is 39. The van der Waals surface area contributed by atoms with Gasteiger partial charge in [0.2, 0.25) is 0 Å². The Labute approximate surface area is 372 Å². The van der Waals surface area contributed by atoms with Crippen molar-refractivity contribution in [1.82, 2.24) is 0 Å². The molecule has 1 unspecified atom stereocenters. The van der Waals surface area contributed by atoms with Crippen molar-refractivity contribution in [2.75, 3.05) is 13.2 Å². The summed E-state index contributed by atoms with van der Waals surface area (Å²) in [5.41, 5.74) is 0. The largest absolute Gasteiger partial charge is 0.462 e. The topological polar surface area (TPSA) is 78.9 Å². The zero-order valence-corrected chi connectivity index (χ0v) is 38.4. The molecule has 0 aliphatic rings. The Kier molecular flexibility index (Phi) is 44.3. The highest BCUT2D eigenvalue weighted by Crippen LogP contribution is 2.11. The minimum absolute atomic E-state index is 0.133. The van der Waals surface area contributed by atoms with Gasteiger partial charge in [-0.1, -0.05) is 192 Å². The lowest BCUT2D eigenvalue weighted by molar-refractivity contribution is -0.166. The molecule has 0 aromatic carbocycles. The molecule has 0 rings (SSSR count). The van der Waals surface area contributed by atoms with Gasteiger partial charge in [0.1, 0.15) is 13.2 Å². The van der Waals surface area contributed by atoms with Gasteiger partial charge in [-0.25, -0.2) is 0 Å². The molecule has 0 heterocycles. The quantitative estimate of drug-likeness (QED) is 0.0202. The third kappa shape index (κ3) is 46.2. The van der Waals surface area contributed by atoms with Crippen LogP contribution in [0.4, 0.5) is 0 Å². The highest BCUT2D eigenvalue weighted by molar-refractivity contribution is 5.71. The molecule has 338 valence electrons. The van der Waals surface area contributed by atoms with Gasteiger partial charge in [-0.05, 0) is 96.3 Å². The molecule has 6 heteroatoms. The van der Waals surface area contributed by atoms with Gasteiger partial charge in [0, 0.05) is 19.3 Å². The molecule has 6 nitrogen and oxygen atoms in total. The van der Waals surface area contributed by atoms with Gasteiger partial charge < -0.3 is 14.2 Å². The van der Waals surface area contributed by atoms with Crippen molar-refractivity contribution < 1.29 is 28.6 Å². The maximum Gasteiger partial charge on any atom is 0.306 e. The predicted octanol–water partition coefficient (Wildman–Crippen LogP) is 15.3. The average molecular weight is 839 g/mol. The molecule has 0 saturated heterocycles. The Morgan fingerprint density at radius 1 is 0.344 bits per heavy atom. The number of hydrogen-bond acceptors (Lipinski definition) is 6. The summed E-state index contributed by atoms with van der Waals surface area (Å²) < 4.78 is 16.6. The summed E-state index contributed by atoms with van der Waals surface area (Å²) in [6.45, 7) is 6.11. The summed E-state index contributed by atoms with van der Waals surface area (Å²) in [7, 11) is 0. The number of unbranched alkanes of at least 4 members (excludes halogenated alkanes) is 8. The second-order valence-electron chi connectivity index (χ2n) is 14.6. The van der Waals surface area contributed by atoms with Crippen molar-refractivity contribution in [1.29, 1.82) is 0 Å². The lowest BCUT2D eigenvalue weighted by atomic mass is 10.1. The van der Waals surface area contributed by atoms with Crippen LogP contribution in [-0.2, 0) is 28.6 Å². The van der Waals surface area contributed by atoms with E-state index in [0.29, 0.717) is 19.3 Å². The number of carbonyl (C=O) groups is 3. The number of allylic oxidation sites excluding steroid dienone is 24. The van der Waals surface area contributed by atoms with Crippen LogP contribution in [0.1, 0.15) is 162 Å². The number of ether oxygens (including phenoxy) is 3. The Morgan fingerprint density at radius 2 is 0.705 bits per heavy atom. The molecule has 0 aromatic heterocycles. The minimum Gasteiger partial charge on any atom is -0.462 e. The summed E-state index contributed by atoms with van der Waals surface area (Å²) >= 11 is 0. The van der Waals surface area contributed by atoms with E-state index >= 15 is 0 Å². The summed E-state index contributed by atoms with van der Waals surface area (Å²) in [6, 6.07) is 0. The molecule has 0 aliphatic heterocycles. The number of esters is 3. The van der Waals surface area contributed by atoms with Crippen molar-refractivity contribution in [2.45, 2.75) is 168 Å². The highest BCUT2D eigenvalue weighted by Gasteiger charge is 2.19. The van der Waals surface area contributed by atoms with Gasteiger partial charge in [-0.15, -0.1) is 0 Å². The molecule has 1 atom stereocenters. The standard InChI is InChI=1S/C55H82O6/c1-4-7-10-13-16-19-22-25-27-29-30-33-36-39-42-45-48-54(57)60-51-52(50-59-53(56)47-44-41-38-35-32-24-21-18-15-12-9-6-3)61-55(58)49-46-43-40-37-34-31-28-26-23-20-17-14-11-8-5-2/h7-12,14,16-21,23,25-28,30-31,33-34,39,42,52H,4-6,13,15,22,24,29,32,35-38,40-41,43-51H2,1-3H3/b10-7-,11-8-,12-9-,17-14-,19-16-,21-18-,23-20-,27-25-,28-26-,33-30-,34-31-,42-39-. The molecule has 0 saturated carbocycles. The zero-order chi connectivity index (χ0) is 44.4. The fourth-order valence-corrected chi connectivity index (χ4v) is 5.55. The van der Waals surface area contributed by atoms with E-state index in [4.69, 9.17) is 14.2 Å². The third-order valence-corrected chi connectivity index (χ3v) is 8.96. The molecular formula is C55H82O6. The van der Waals surface area contributed by atoms with E-state index in [9.17, 15) is 14.4 Å². The Balaban J connectivity index is 4.64. The van der Waals surface area contributed by atoms with Crippen molar-refractivity contribution in [3.8, 4) is 0 Å². The highest BCUT2D eigenvalue weighted by atomic mass is 16.6. The minimum atomic E-state index is -0.841. The van der Waals surface area contributed by atoms with Crippen LogP contribution < -0.4 is 0 Å². The first-order chi connectivity index (χ1) is 30.0. The fraction of sp³-hybridized carbons (Fsp3) is 0.509. The fourth-order valence-electron chi connectivity index (χ4n) is 5.55. The Morgan fingerprint density at radius 3 is 1.23 bits per heavy atom. The van der Waals surface area contributed by atoms with Crippen LogP contribution in [-0.4, -0.2) is 37.2 Å². The summed E-state index contributed by atoms with van der Waals surface area (Å²) in [5.74, 6) is -1.09. The third-order valence-electron chi connectivity index (χ3n) is 8.96. The first-order valence-electron chi connectivity index (χ1n) is 23.4. The first-order valence-corrected chi connectivity index (χ1v) is 23.4. The summed E-state index contributed by atoms with van der Waals surface area (Å²) in [6.07, 6.45) is 68.4. The van der Waals surface area contributed by atoms with E-state index in [2.05, 4.69) is 106 Å². The molecular weight excluding hydrogens is 757 g/mol. The van der Waals surface area contributed by atoms with Crippen molar-refractivity contribution in [3.05, 3.63) is 146 Å². The van der Waals surface area contributed by atoms with E-state index in [-0.39, 0.29) is 44.0 Å². The summed E-state index contributed by atoms with van der Waals surface area (Å²) in [4.78, 5) is 37.8. The van der Waals surface area contributed by atoms with Crippen molar-refractivity contribution >= 4 is 17.9 Å². The zero-order valence-electron chi connectivity index (χ0n) is 38.4. The van der Waals surface area contributed by atoms with Gasteiger partial charge in [0.25, 0.3) is 0 Å². The molecule has 0 radical (unpaired) electrons. The van der Waals surface area contributed by atoms with Crippen molar-refractivity contribution in [3.63, 3.8) is 0 Å². The maximum atomic E-state index is 12.7. The van der Waals surface area contributed by atoms with Gasteiger partial charge in [-0.3, -0.25) is 14.4 Å². The van der Waals surface area contributed by atoms with Gasteiger partial charge in [0.05, 0.1) is 0 Å². The Hall–Kier alpha value is -4.71. The lowest BCUT2D eigenvalue weighted by Crippen LogP contribution is -2.30. The van der Waals surface area contributed by atoms with E-state index in [1.165, 1.54) is 0 Å². The monoisotopic (exact) mass is 839 g/mol. The van der Waals surface area contributed by atoms with Crippen LogP contribution >= 0.6 is 0 Å². The van der Waals surface area contributed by atoms with E-state index < -0.39 is 6.10 Å². The first kappa shape index (κ1) is 56.3. The Bertz CT molecular complexity index is 1430. The summed E-state index contributed by atoms with van der Waals surface area (Å²) in [5, 5.41) is 0. The predicted molar refractivity (Wildman–Crippen MR) is 260 cm³/mol. The van der Waals surface area contributed by atoms with E-state index in [1.807, 2.05) is 60.8 Å². The second kappa shape index (κ2) is 48.0. The molecule has 0 aliphatic carbocycles. The van der Waals surface area contributed by atoms with Gasteiger partial charge in [0.15, 0.2) is 6.10 Å². The molecule has 0 bridgehead atoms. The molecule has 61 heavy (non-hydrogen) atoms. The molecule has 0 spiro atoms. The smallest absolute Gasteiger partial charge is 0.306 e. The second-order valence-corrected chi connectivity index (χ2v) is 14.6. The van der Waals surface area contributed by atoms with Crippen molar-refractivity contribution in [2.24, 2.45) is 0 Å². The SMILES string of the molecule is CC\C=C/C=C\C=C/C=C\C=C/CCCCCC(=O)OC(COC(=O)CC/C=C\C/C=C\C/C=C\C/C=C\C/C=C\CC)COC(=O)CCCCCCC/C=C\C/C=C\CC. The molecule has 0 fully saturated rings. The van der Waals surface area contributed by atoms with Crippen LogP contribution in [0.15, 0.2) is 146 Å². The molecule has 0 N–H and O–H groups in total. The maximum absolute atomic E-state index is 12.7. The average Bonchev–Trinajstić information content (AvgIpc) is 3.26. The van der Waals surface area contributed by atoms with Gasteiger partial charge >= 0.3 is 17.9 Å². The van der Waals surface area contributed by atoms with E-state index in [0.717, 1.165) is 109 Å². The van der Waals surface area contributed by atoms with Crippen LogP contribution in [0.25, 0.3) is 0 Å². The molecule has 0 amide bonds. The number of hydrogen-bond donors (Lipinski definition) is 0.